The van der Waals surface area contributed by atoms with Crippen molar-refractivity contribution in [3.63, 3.8) is 0 Å². The van der Waals surface area contributed by atoms with E-state index in [0.717, 1.165) is 0 Å². The molecule has 0 saturated carbocycles. The number of para-hydroxylation sites is 1. The van der Waals surface area contributed by atoms with E-state index in [0.29, 0.717) is 5.56 Å². The van der Waals surface area contributed by atoms with Crippen LogP contribution in [0.1, 0.15) is 36.2 Å². The number of aliphatic carboxylic acids is 1. The summed E-state index contributed by atoms with van der Waals surface area (Å²) >= 11 is 0. The summed E-state index contributed by atoms with van der Waals surface area (Å²) in [5.41, 5.74) is -1.57. The van der Waals surface area contributed by atoms with E-state index in [4.69, 9.17) is 5.11 Å². The van der Waals surface area contributed by atoms with E-state index in [2.05, 4.69) is 5.32 Å². The summed E-state index contributed by atoms with van der Waals surface area (Å²) < 4.78 is 0. The van der Waals surface area contributed by atoms with Gasteiger partial charge in [-0.2, -0.15) is 0 Å². The summed E-state index contributed by atoms with van der Waals surface area (Å²) in [5, 5.41) is 22.5. The number of aryl methyl sites for hydroxylation is 1. The Hall–Kier alpha value is -2.44. The molecular weight excluding hydrogens is 264 g/mol. The SMILES string of the molecule is CCC(C)(NC(=O)c1cccc(C)c1[N+](=O)[O-])C(=O)O. The summed E-state index contributed by atoms with van der Waals surface area (Å²) in [5.74, 6) is -1.96. The third-order valence-electron chi connectivity index (χ3n) is 3.23. The van der Waals surface area contributed by atoms with Crippen LogP contribution >= 0.6 is 0 Å². The number of carbonyl (C=O) groups excluding carboxylic acids is 1. The van der Waals surface area contributed by atoms with E-state index < -0.39 is 22.3 Å². The maximum absolute atomic E-state index is 12.1. The lowest BCUT2D eigenvalue weighted by atomic mass is 9.98. The van der Waals surface area contributed by atoms with E-state index in [1.165, 1.54) is 32.0 Å². The second kappa shape index (κ2) is 5.68. The van der Waals surface area contributed by atoms with Crippen LogP contribution < -0.4 is 5.32 Å². The zero-order valence-electron chi connectivity index (χ0n) is 11.5. The van der Waals surface area contributed by atoms with Crippen LogP contribution in [0.25, 0.3) is 0 Å². The molecule has 0 aromatic heterocycles. The molecule has 0 saturated heterocycles. The van der Waals surface area contributed by atoms with E-state index in [9.17, 15) is 19.7 Å². The van der Waals surface area contributed by atoms with Crippen LogP contribution in [-0.4, -0.2) is 27.4 Å². The standard InChI is InChI=1S/C13H16N2O5/c1-4-13(3,12(17)18)14-11(16)9-7-5-6-8(2)10(9)15(19)20/h5-7H,4H2,1-3H3,(H,14,16)(H,17,18). The Balaban J connectivity index is 3.20. The average molecular weight is 280 g/mol. The minimum atomic E-state index is -1.46. The van der Waals surface area contributed by atoms with Crippen molar-refractivity contribution < 1.29 is 19.6 Å². The van der Waals surface area contributed by atoms with Gasteiger partial charge in [0.2, 0.25) is 0 Å². The van der Waals surface area contributed by atoms with Crippen molar-refractivity contribution >= 4 is 17.6 Å². The Morgan fingerprint density at radius 2 is 2.05 bits per heavy atom. The van der Waals surface area contributed by atoms with Gasteiger partial charge in [0, 0.05) is 5.56 Å². The number of carboxylic acids is 1. The molecule has 0 aliphatic rings. The van der Waals surface area contributed by atoms with Crippen molar-refractivity contribution in [1.82, 2.24) is 5.32 Å². The lowest BCUT2D eigenvalue weighted by Crippen LogP contribution is -2.51. The van der Waals surface area contributed by atoms with Crippen molar-refractivity contribution in [3.8, 4) is 0 Å². The number of nitro groups is 1. The fraction of sp³-hybridized carbons (Fsp3) is 0.385. The lowest BCUT2D eigenvalue weighted by Gasteiger charge is -2.24. The second-order valence-electron chi connectivity index (χ2n) is 4.67. The number of carboxylic acid groups (broad SMARTS) is 1. The number of nitrogens with zero attached hydrogens (tertiary/aromatic N) is 1. The molecule has 0 spiro atoms. The van der Waals surface area contributed by atoms with Crippen LogP contribution in [0.2, 0.25) is 0 Å². The number of benzene rings is 1. The Morgan fingerprint density at radius 3 is 2.50 bits per heavy atom. The molecule has 7 heteroatoms. The first kappa shape index (κ1) is 15.6. The molecule has 108 valence electrons. The molecule has 1 rings (SSSR count). The van der Waals surface area contributed by atoms with E-state index >= 15 is 0 Å². The van der Waals surface area contributed by atoms with Crippen LogP contribution in [-0.2, 0) is 4.79 Å². The van der Waals surface area contributed by atoms with Gasteiger partial charge in [0.1, 0.15) is 11.1 Å². The van der Waals surface area contributed by atoms with Crippen molar-refractivity contribution in [1.29, 1.82) is 0 Å². The van der Waals surface area contributed by atoms with Crippen LogP contribution in [0.4, 0.5) is 5.69 Å². The number of carbonyl (C=O) groups is 2. The molecule has 1 atom stereocenters. The number of rotatable bonds is 5. The maximum Gasteiger partial charge on any atom is 0.329 e. The normalized spacial score (nSPS) is 13.3. The lowest BCUT2D eigenvalue weighted by molar-refractivity contribution is -0.385. The molecule has 1 aromatic carbocycles. The Bertz CT molecular complexity index is 570. The smallest absolute Gasteiger partial charge is 0.329 e. The molecule has 20 heavy (non-hydrogen) atoms. The monoisotopic (exact) mass is 280 g/mol. The summed E-state index contributed by atoms with van der Waals surface area (Å²) in [6.07, 6.45) is 0.160. The summed E-state index contributed by atoms with van der Waals surface area (Å²) in [4.78, 5) is 33.7. The summed E-state index contributed by atoms with van der Waals surface area (Å²) in [6.45, 7) is 4.49. The maximum atomic E-state index is 12.1. The van der Waals surface area contributed by atoms with Gasteiger partial charge in [0.15, 0.2) is 0 Å². The Kier molecular flexibility index (Phi) is 4.44. The largest absolute Gasteiger partial charge is 0.480 e. The second-order valence-corrected chi connectivity index (χ2v) is 4.67. The van der Waals surface area contributed by atoms with Crippen molar-refractivity contribution in [2.24, 2.45) is 0 Å². The number of amides is 1. The molecule has 2 N–H and O–H groups in total. The zero-order chi connectivity index (χ0) is 15.5. The van der Waals surface area contributed by atoms with Gasteiger partial charge in [-0.25, -0.2) is 4.79 Å². The minimum absolute atomic E-state index is 0.143. The van der Waals surface area contributed by atoms with Gasteiger partial charge in [-0.15, -0.1) is 0 Å². The number of hydrogen-bond donors (Lipinski definition) is 2. The molecule has 0 radical (unpaired) electrons. The highest BCUT2D eigenvalue weighted by molar-refractivity contribution is 6.01. The van der Waals surface area contributed by atoms with Crippen molar-refractivity contribution in [2.45, 2.75) is 32.7 Å². The van der Waals surface area contributed by atoms with Crippen LogP contribution in [0.15, 0.2) is 18.2 Å². The third-order valence-corrected chi connectivity index (χ3v) is 3.23. The number of hydrogen-bond acceptors (Lipinski definition) is 4. The van der Waals surface area contributed by atoms with Gasteiger partial charge in [-0.05, 0) is 26.3 Å². The Labute approximate surface area is 115 Å². The number of nitro benzene ring substituents is 1. The zero-order valence-corrected chi connectivity index (χ0v) is 11.5. The van der Waals surface area contributed by atoms with Crippen LogP contribution in [0, 0.1) is 17.0 Å². The quantitative estimate of drug-likeness (QED) is 0.632. The molecule has 1 unspecified atom stereocenters. The highest BCUT2D eigenvalue weighted by atomic mass is 16.6. The Morgan fingerprint density at radius 1 is 1.45 bits per heavy atom. The van der Waals surface area contributed by atoms with E-state index in [1.807, 2.05) is 0 Å². The van der Waals surface area contributed by atoms with E-state index in [1.54, 1.807) is 6.92 Å². The predicted molar refractivity (Wildman–Crippen MR) is 71.6 cm³/mol. The molecular formula is C13H16N2O5. The first-order chi connectivity index (χ1) is 9.23. The first-order valence-electron chi connectivity index (χ1n) is 6.03. The molecule has 0 aliphatic carbocycles. The van der Waals surface area contributed by atoms with Gasteiger partial charge in [0.05, 0.1) is 4.92 Å². The predicted octanol–water partition coefficient (Wildman–Crippen LogP) is 1.89. The summed E-state index contributed by atoms with van der Waals surface area (Å²) in [6, 6.07) is 4.34. The van der Waals surface area contributed by atoms with Gasteiger partial charge in [-0.1, -0.05) is 19.1 Å². The van der Waals surface area contributed by atoms with Gasteiger partial charge in [-0.3, -0.25) is 14.9 Å². The molecule has 0 heterocycles. The number of nitrogens with one attached hydrogen (secondary N) is 1. The topological polar surface area (TPSA) is 110 Å². The fourth-order valence-electron chi connectivity index (χ4n) is 1.70. The van der Waals surface area contributed by atoms with E-state index in [-0.39, 0.29) is 17.7 Å². The highest BCUT2D eigenvalue weighted by Crippen LogP contribution is 2.24. The highest BCUT2D eigenvalue weighted by Gasteiger charge is 2.35. The van der Waals surface area contributed by atoms with Crippen molar-refractivity contribution in [3.05, 3.63) is 39.4 Å². The van der Waals surface area contributed by atoms with Crippen molar-refractivity contribution in [2.75, 3.05) is 0 Å². The molecule has 0 bridgehead atoms. The molecule has 1 amide bonds. The molecule has 0 aliphatic heterocycles. The molecule has 0 fully saturated rings. The van der Waals surface area contributed by atoms with Crippen LogP contribution in [0.3, 0.4) is 0 Å². The first-order valence-corrected chi connectivity index (χ1v) is 6.03. The summed E-state index contributed by atoms with van der Waals surface area (Å²) in [7, 11) is 0. The van der Waals surface area contributed by atoms with Gasteiger partial charge >= 0.3 is 5.97 Å². The van der Waals surface area contributed by atoms with Gasteiger partial charge < -0.3 is 10.4 Å². The van der Waals surface area contributed by atoms with Crippen LogP contribution in [0.5, 0.6) is 0 Å². The average Bonchev–Trinajstić information content (AvgIpc) is 2.37. The third kappa shape index (κ3) is 2.93. The molecule has 1 aromatic rings. The van der Waals surface area contributed by atoms with Gasteiger partial charge in [0.25, 0.3) is 11.6 Å². The molecule has 7 nitrogen and oxygen atoms in total. The fourth-order valence-corrected chi connectivity index (χ4v) is 1.70. The minimum Gasteiger partial charge on any atom is -0.480 e.